The zero-order valence-corrected chi connectivity index (χ0v) is 18.4. The fraction of sp³-hybridized carbons (Fsp3) is 0.278. The maximum absolute atomic E-state index is 12.7. The van der Waals surface area contributed by atoms with Crippen LogP contribution in [0.4, 0.5) is 5.69 Å². The van der Waals surface area contributed by atoms with Gasteiger partial charge in [0.15, 0.2) is 0 Å². The number of methoxy groups -OCH3 is 3. The Hall–Kier alpha value is -2.20. The van der Waals surface area contributed by atoms with Crippen LogP contribution < -0.4 is 24.2 Å². The number of hydrogen-bond donors (Lipinski definition) is 2. The molecule has 0 fully saturated rings. The Morgan fingerprint density at radius 3 is 2.17 bits per heavy atom. The second-order valence-electron chi connectivity index (χ2n) is 5.81. The molecular formula is C18H20Cl2N2O6S. The molecule has 8 nitrogen and oxygen atoms in total. The minimum Gasteiger partial charge on any atom is -0.495 e. The first-order valence-corrected chi connectivity index (χ1v) is 10.4. The standard InChI is InChI=1S/C18H20Cl2N2O6S/c1-10(22-29(24,25)17-7-11(19)5-6-14(17)26-2)18(23)21-13-9-15(27-3)12(20)8-16(13)28-4/h5-10,22H,1-4H3,(H,21,23)/t10-/m1/s1. The Morgan fingerprint density at radius 1 is 0.966 bits per heavy atom. The monoisotopic (exact) mass is 462 g/mol. The molecule has 1 atom stereocenters. The number of ether oxygens (including phenoxy) is 3. The fourth-order valence-electron chi connectivity index (χ4n) is 2.41. The third-order valence-electron chi connectivity index (χ3n) is 3.87. The van der Waals surface area contributed by atoms with E-state index in [-0.39, 0.29) is 27.1 Å². The molecular weight excluding hydrogens is 443 g/mol. The van der Waals surface area contributed by atoms with Crippen molar-refractivity contribution >= 4 is 44.8 Å². The lowest BCUT2D eigenvalue weighted by atomic mass is 10.2. The Bertz CT molecular complexity index is 1010. The van der Waals surface area contributed by atoms with Crippen LogP contribution in [0.25, 0.3) is 0 Å². The molecule has 1 amide bonds. The van der Waals surface area contributed by atoms with Gasteiger partial charge in [-0.15, -0.1) is 0 Å². The largest absolute Gasteiger partial charge is 0.495 e. The number of anilines is 1. The first kappa shape index (κ1) is 23.1. The molecule has 0 heterocycles. The van der Waals surface area contributed by atoms with E-state index < -0.39 is 22.0 Å². The van der Waals surface area contributed by atoms with Gasteiger partial charge >= 0.3 is 0 Å². The molecule has 2 aromatic carbocycles. The summed E-state index contributed by atoms with van der Waals surface area (Å²) < 4.78 is 43.1. The number of carbonyl (C=O) groups is 1. The lowest BCUT2D eigenvalue weighted by molar-refractivity contribution is -0.117. The third-order valence-corrected chi connectivity index (χ3v) is 5.96. The third kappa shape index (κ3) is 5.45. The van der Waals surface area contributed by atoms with Gasteiger partial charge in [0.05, 0.1) is 38.1 Å². The van der Waals surface area contributed by atoms with Crippen LogP contribution in [0.2, 0.25) is 10.0 Å². The van der Waals surface area contributed by atoms with E-state index in [1.165, 1.54) is 58.6 Å². The molecule has 0 aliphatic heterocycles. The lowest BCUT2D eigenvalue weighted by Gasteiger charge is -2.18. The topological polar surface area (TPSA) is 103 Å². The second-order valence-corrected chi connectivity index (χ2v) is 8.34. The molecule has 0 aromatic heterocycles. The molecule has 0 unspecified atom stereocenters. The predicted molar refractivity (Wildman–Crippen MR) is 111 cm³/mol. The van der Waals surface area contributed by atoms with Crippen molar-refractivity contribution in [3.63, 3.8) is 0 Å². The zero-order valence-electron chi connectivity index (χ0n) is 16.1. The number of carbonyl (C=O) groups excluding carboxylic acids is 1. The minimum absolute atomic E-state index is 0.0959. The van der Waals surface area contributed by atoms with E-state index in [0.717, 1.165) is 0 Å². The predicted octanol–water partition coefficient (Wildman–Crippen LogP) is 3.32. The van der Waals surface area contributed by atoms with E-state index in [2.05, 4.69) is 10.0 Å². The summed E-state index contributed by atoms with van der Waals surface area (Å²) in [6.45, 7) is 1.39. The van der Waals surface area contributed by atoms with Crippen molar-refractivity contribution in [2.24, 2.45) is 0 Å². The first-order chi connectivity index (χ1) is 13.6. The Morgan fingerprint density at radius 2 is 1.59 bits per heavy atom. The van der Waals surface area contributed by atoms with Gasteiger partial charge in [-0.25, -0.2) is 8.42 Å². The van der Waals surface area contributed by atoms with Gasteiger partial charge in [-0.3, -0.25) is 4.79 Å². The van der Waals surface area contributed by atoms with Crippen LogP contribution in [0.1, 0.15) is 6.92 Å². The molecule has 29 heavy (non-hydrogen) atoms. The van der Waals surface area contributed by atoms with E-state index in [1.807, 2.05) is 0 Å². The average Bonchev–Trinajstić information content (AvgIpc) is 2.68. The number of nitrogens with one attached hydrogen (secondary N) is 2. The molecule has 158 valence electrons. The molecule has 0 spiro atoms. The SMILES string of the molecule is COc1cc(NC(=O)[C@@H](C)NS(=O)(=O)c2cc(Cl)ccc2OC)c(OC)cc1Cl. The number of hydrogen-bond acceptors (Lipinski definition) is 6. The maximum atomic E-state index is 12.7. The van der Waals surface area contributed by atoms with E-state index >= 15 is 0 Å². The molecule has 0 saturated heterocycles. The summed E-state index contributed by atoms with van der Waals surface area (Å²) in [5, 5.41) is 3.10. The molecule has 2 rings (SSSR count). The van der Waals surface area contributed by atoms with E-state index in [1.54, 1.807) is 0 Å². The summed E-state index contributed by atoms with van der Waals surface area (Å²) in [5.41, 5.74) is 0.269. The molecule has 0 bridgehead atoms. The minimum atomic E-state index is -4.09. The Labute approximate surface area is 179 Å². The molecule has 0 aliphatic rings. The van der Waals surface area contributed by atoms with Crippen molar-refractivity contribution in [3.8, 4) is 17.2 Å². The highest BCUT2D eigenvalue weighted by molar-refractivity contribution is 7.89. The summed E-state index contributed by atoms with van der Waals surface area (Å²) in [6, 6.07) is 5.97. The van der Waals surface area contributed by atoms with Gasteiger partial charge in [0, 0.05) is 17.2 Å². The molecule has 11 heteroatoms. The normalized spacial score (nSPS) is 12.2. The van der Waals surface area contributed by atoms with Gasteiger partial charge in [0.25, 0.3) is 0 Å². The van der Waals surface area contributed by atoms with Crippen molar-refractivity contribution in [2.45, 2.75) is 17.9 Å². The Balaban J connectivity index is 2.24. The van der Waals surface area contributed by atoms with Crippen molar-refractivity contribution < 1.29 is 27.4 Å². The van der Waals surface area contributed by atoms with Crippen LogP contribution >= 0.6 is 23.2 Å². The van der Waals surface area contributed by atoms with Crippen LogP contribution in [-0.2, 0) is 14.8 Å². The quantitative estimate of drug-likeness (QED) is 0.623. The van der Waals surface area contributed by atoms with Crippen LogP contribution in [0.15, 0.2) is 35.2 Å². The fourth-order valence-corrected chi connectivity index (χ4v) is 4.27. The molecule has 2 aromatic rings. The van der Waals surface area contributed by atoms with Crippen molar-refractivity contribution in [2.75, 3.05) is 26.6 Å². The van der Waals surface area contributed by atoms with Gasteiger partial charge < -0.3 is 19.5 Å². The highest BCUT2D eigenvalue weighted by atomic mass is 35.5. The summed E-state index contributed by atoms with van der Waals surface area (Å²) >= 11 is 11.9. The van der Waals surface area contributed by atoms with E-state index in [4.69, 9.17) is 37.4 Å². The smallest absolute Gasteiger partial charge is 0.245 e. The lowest BCUT2D eigenvalue weighted by Crippen LogP contribution is -2.41. The molecule has 0 radical (unpaired) electrons. The number of amides is 1. The van der Waals surface area contributed by atoms with Gasteiger partial charge in [-0.2, -0.15) is 4.72 Å². The summed E-state index contributed by atoms with van der Waals surface area (Å²) in [7, 11) is 0.0704. The van der Waals surface area contributed by atoms with Crippen LogP contribution in [0.3, 0.4) is 0 Å². The highest BCUT2D eigenvalue weighted by Crippen LogP contribution is 2.36. The highest BCUT2D eigenvalue weighted by Gasteiger charge is 2.26. The maximum Gasteiger partial charge on any atom is 0.245 e. The first-order valence-electron chi connectivity index (χ1n) is 8.21. The number of benzene rings is 2. The average molecular weight is 463 g/mol. The van der Waals surface area contributed by atoms with E-state index in [0.29, 0.717) is 10.8 Å². The van der Waals surface area contributed by atoms with Crippen molar-refractivity contribution in [3.05, 3.63) is 40.4 Å². The van der Waals surface area contributed by atoms with Crippen molar-refractivity contribution in [1.82, 2.24) is 4.72 Å². The summed E-state index contributed by atoms with van der Waals surface area (Å²) in [4.78, 5) is 12.4. The summed E-state index contributed by atoms with van der Waals surface area (Å²) in [6.07, 6.45) is 0. The van der Waals surface area contributed by atoms with Crippen LogP contribution in [0.5, 0.6) is 17.2 Å². The van der Waals surface area contributed by atoms with Gasteiger partial charge in [0.2, 0.25) is 15.9 Å². The van der Waals surface area contributed by atoms with Crippen LogP contribution in [-0.4, -0.2) is 41.7 Å². The molecule has 0 aliphatic carbocycles. The summed E-state index contributed by atoms with van der Waals surface area (Å²) in [5.74, 6) is 0.0752. The van der Waals surface area contributed by atoms with Crippen LogP contribution in [0, 0.1) is 0 Å². The van der Waals surface area contributed by atoms with Gasteiger partial charge in [-0.05, 0) is 25.1 Å². The molecule has 2 N–H and O–H groups in total. The molecule has 0 saturated carbocycles. The number of sulfonamides is 1. The number of halogens is 2. The van der Waals surface area contributed by atoms with Gasteiger partial charge in [-0.1, -0.05) is 23.2 Å². The van der Waals surface area contributed by atoms with E-state index in [9.17, 15) is 13.2 Å². The zero-order chi connectivity index (χ0) is 21.8. The number of rotatable bonds is 8. The second kappa shape index (κ2) is 9.53. The Kier molecular flexibility index (Phi) is 7.59. The van der Waals surface area contributed by atoms with Gasteiger partial charge in [0.1, 0.15) is 22.1 Å². The van der Waals surface area contributed by atoms with Crippen molar-refractivity contribution in [1.29, 1.82) is 0 Å².